The molecule has 0 aliphatic rings. The fourth-order valence-corrected chi connectivity index (χ4v) is 1.33. The van der Waals surface area contributed by atoms with E-state index in [1.807, 2.05) is 19.9 Å². The average Bonchev–Trinajstić information content (AvgIpc) is 1.82. The second-order valence-electron chi connectivity index (χ2n) is 3.53. The topological polar surface area (TPSA) is 46.2 Å². The van der Waals surface area contributed by atoms with Gasteiger partial charge in [0.2, 0.25) is 0 Å². The van der Waals surface area contributed by atoms with Crippen LogP contribution in [0, 0.1) is 6.92 Å². The summed E-state index contributed by atoms with van der Waals surface area (Å²) in [5.74, 6) is 0.218. The first-order valence-corrected chi connectivity index (χ1v) is 3.86. The molecule has 0 saturated heterocycles. The number of benzene rings is 1. The highest BCUT2D eigenvalue weighted by Crippen LogP contribution is 2.29. The summed E-state index contributed by atoms with van der Waals surface area (Å²) < 4.78 is 0. The van der Waals surface area contributed by atoms with Crippen LogP contribution in [0.5, 0.6) is 5.75 Å². The zero-order valence-corrected chi connectivity index (χ0v) is 7.46. The number of phenols is 1. The number of aromatic hydroxyl groups is 1. The molecule has 0 unspecified atom stereocenters. The van der Waals surface area contributed by atoms with Crippen molar-refractivity contribution >= 4 is 0 Å². The van der Waals surface area contributed by atoms with Crippen molar-refractivity contribution in [1.29, 1.82) is 0 Å². The van der Waals surface area contributed by atoms with Crippen molar-refractivity contribution in [3.63, 3.8) is 0 Å². The first-order valence-electron chi connectivity index (χ1n) is 3.86. The highest BCUT2D eigenvalue weighted by molar-refractivity contribution is 5.44. The van der Waals surface area contributed by atoms with Crippen LogP contribution in [0.2, 0.25) is 0 Å². The first kappa shape index (κ1) is 9.07. The number of hydrogen-bond acceptors (Lipinski definition) is 2. The molecule has 0 heterocycles. The molecule has 2 heteroatoms. The summed E-state index contributed by atoms with van der Waals surface area (Å²) >= 11 is 0. The highest BCUT2D eigenvalue weighted by Gasteiger charge is 2.19. The van der Waals surface area contributed by atoms with Gasteiger partial charge in [0.25, 0.3) is 0 Å². The van der Waals surface area contributed by atoms with Crippen molar-refractivity contribution in [2.24, 2.45) is 5.73 Å². The van der Waals surface area contributed by atoms with Crippen molar-refractivity contribution in [1.82, 2.24) is 0 Å². The molecule has 0 aliphatic heterocycles. The van der Waals surface area contributed by atoms with Gasteiger partial charge >= 0.3 is 0 Å². The van der Waals surface area contributed by atoms with Crippen LogP contribution in [0.1, 0.15) is 25.0 Å². The lowest BCUT2D eigenvalue weighted by molar-refractivity contribution is 0.439. The Balaban J connectivity index is 3.31. The fourth-order valence-electron chi connectivity index (χ4n) is 1.33. The minimum Gasteiger partial charge on any atom is -0.508 e. The minimum absolute atomic E-state index is 0.218. The third kappa shape index (κ3) is 1.59. The van der Waals surface area contributed by atoms with Gasteiger partial charge in [-0.2, -0.15) is 0 Å². The van der Waals surface area contributed by atoms with Gasteiger partial charge in [-0.25, -0.2) is 0 Å². The standard InChI is InChI=1S/C10H14NO/c1-7-5-4-6-8(12)9(7)10(2,3)11/h4-6,12H,1,11H2,2-3H3. The maximum Gasteiger partial charge on any atom is 0.120 e. The van der Waals surface area contributed by atoms with Crippen LogP contribution < -0.4 is 5.73 Å². The van der Waals surface area contributed by atoms with E-state index in [9.17, 15) is 5.11 Å². The summed E-state index contributed by atoms with van der Waals surface area (Å²) in [4.78, 5) is 0. The number of phenolic OH excluding ortho intramolecular Hbond substituents is 1. The van der Waals surface area contributed by atoms with Gasteiger partial charge in [0.1, 0.15) is 5.75 Å². The van der Waals surface area contributed by atoms with Crippen molar-refractivity contribution in [3.05, 3.63) is 36.2 Å². The van der Waals surface area contributed by atoms with E-state index in [4.69, 9.17) is 5.73 Å². The van der Waals surface area contributed by atoms with Crippen molar-refractivity contribution in [3.8, 4) is 5.75 Å². The summed E-state index contributed by atoms with van der Waals surface area (Å²) in [6.07, 6.45) is 0. The van der Waals surface area contributed by atoms with E-state index in [-0.39, 0.29) is 5.75 Å². The predicted molar refractivity (Wildman–Crippen MR) is 49.8 cm³/mol. The molecule has 0 bridgehead atoms. The van der Waals surface area contributed by atoms with Crippen LogP contribution in [-0.2, 0) is 5.54 Å². The van der Waals surface area contributed by atoms with Crippen molar-refractivity contribution in [2.75, 3.05) is 0 Å². The van der Waals surface area contributed by atoms with Crippen LogP contribution in [0.25, 0.3) is 0 Å². The molecule has 1 aromatic carbocycles. The zero-order chi connectivity index (χ0) is 9.35. The van der Waals surface area contributed by atoms with Gasteiger partial charge in [0, 0.05) is 11.1 Å². The Morgan fingerprint density at radius 3 is 2.33 bits per heavy atom. The van der Waals surface area contributed by atoms with Crippen molar-refractivity contribution in [2.45, 2.75) is 19.4 Å². The van der Waals surface area contributed by atoms with Gasteiger partial charge in [-0.15, -0.1) is 0 Å². The van der Waals surface area contributed by atoms with E-state index in [1.165, 1.54) is 0 Å². The Kier molecular flexibility index (Phi) is 2.11. The average molecular weight is 164 g/mol. The Morgan fingerprint density at radius 1 is 1.42 bits per heavy atom. The van der Waals surface area contributed by atoms with Gasteiger partial charge in [-0.3, -0.25) is 0 Å². The Bertz CT molecular complexity index is 266. The van der Waals surface area contributed by atoms with Gasteiger partial charge in [-0.1, -0.05) is 12.1 Å². The highest BCUT2D eigenvalue weighted by atomic mass is 16.3. The van der Waals surface area contributed by atoms with E-state index in [2.05, 4.69) is 6.92 Å². The maximum absolute atomic E-state index is 9.51. The molecule has 2 nitrogen and oxygen atoms in total. The molecule has 1 aromatic rings. The summed E-state index contributed by atoms with van der Waals surface area (Å²) in [5.41, 5.74) is 6.81. The Hall–Kier alpha value is -1.02. The Morgan fingerprint density at radius 2 is 2.00 bits per heavy atom. The zero-order valence-electron chi connectivity index (χ0n) is 7.46. The molecule has 0 amide bonds. The minimum atomic E-state index is -0.539. The lowest BCUT2D eigenvalue weighted by atomic mass is 9.91. The molecule has 1 rings (SSSR count). The normalized spacial score (nSPS) is 11.7. The number of rotatable bonds is 1. The molecule has 0 aromatic heterocycles. The lowest BCUT2D eigenvalue weighted by Gasteiger charge is -2.22. The van der Waals surface area contributed by atoms with E-state index >= 15 is 0 Å². The summed E-state index contributed by atoms with van der Waals surface area (Å²) in [7, 11) is 0. The molecule has 12 heavy (non-hydrogen) atoms. The monoisotopic (exact) mass is 164 g/mol. The van der Waals surface area contributed by atoms with Crippen LogP contribution in [-0.4, -0.2) is 5.11 Å². The molecule has 3 N–H and O–H groups in total. The van der Waals surface area contributed by atoms with Crippen LogP contribution in [0.15, 0.2) is 18.2 Å². The smallest absolute Gasteiger partial charge is 0.120 e. The lowest BCUT2D eigenvalue weighted by Crippen LogP contribution is -2.29. The van der Waals surface area contributed by atoms with Gasteiger partial charge in [0.15, 0.2) is 0 Å². The Labute approximate surface area is 73.0 Å². The third-order valence-electron chi connectivity index (χ3n) is 1.77. The van der Waals surface area contributed by atoms with Crippen LogP contribution in [0.3, 0.4) is 0 Å². The van der Waals surface area contributed by atoms with Crippen LogP contribution in [0.4, 0.5) is 0 Å². The summed E-state index contributed by atoms with van der Waals surface area (Å²) in [6.45, 7) is 7.50. The number of hydrogen-bond donors (Lipinski definition) is 2. The second kappa shape index (κ2) is 2.79. The quantitative estimate of drug-likeness (QED) is 0.664. The predicted octanol–water partition coefficient (Wildman–Crippen LogP) is 1.77. The van der Waals surface area contributed by atoms with E-state index < -0.39 is 5.54 Å². The van der Waals surface area contributed by atoms with E-state index in [0.717, 1.165) is 5.56 Å². The largest absolute Gasteiger partial charge is 0.508 e. The van der Waals surface area contributed by atoms with E-state index in [1.54, 1.807) is 12.1 Å². The second-order valence-corrected chi connectivity index (χ2v) is 3.53. The third-order valence-corrected chi connectivity index (χ3v) is 1.77. The van der Waals surface area contributed by atoms with Crippen LogP contribution >= 0.6 is 0 Å². The molecule has 0 atom stereocenters. The maximum atomic E-state index is 9.51. The summed E-state index contributed by atoms with van der Waals surface area (Å²) in [6, 6.07) is 5.22. The molecule has 1 radical (unpaired) electrons. The molecule has 0 aliphatic carbocycles. The van der Waals surface area contributed by atoms with Gasteiger partial charge < -0.3 is 10.8 Å². The number of nitrogens with two attached hydrogens (primary N) is 1. The van der Waals surface area contributed by atoms with Crippen molar-refractivity contribution < 1.29 is 5.11 Å². The van der Waals surface area contributed by atoms with E-state index in [0.29, 0.717) is 5.56 Å². The van der Waals surface area contributed by atoms with Gasteiger partial charge in [-0.05, 0) is 32.4 Å². The SMILES string of the molecule is [CH2]c1cccc(O)c1C(C)(C)N. The molecular weight excluding hydrogens is 150 g/mol. The van der Waals surface area contributed by atoms with Gasteiger partial charge in [0.05, 0.1) is 0 Å². The first-order chi connectivity index (χ1) is 5.43. The molecule has 0 spiro atoms. The fraction of sp³-hybridized carbons (Fsp3) is 0.300. The molecule has 65 valence electrons. The summed E-state index contributed by atoms with van der Waals surface area (Å²) in [5, 5.41) is 9.51. The molecular formula is C10H14NO. The molecule has 0 fully saturated rings. The molecule has 0 saturated carbocycles.